The minimum atomic E-state index is -0.639. The van der Waals surface area contributed by atoms with Gasteiger partial charge in [0, 0.05) is 38.4 Å². The minimum Gasteiger partial charge on any atom is -0.454 e. The van der Waals surface area contributed by atoms with Gasteiger partial charge in [0.05, 0.1) is 33.2 Å². The van der Waals surface area contributed by atoms with Crippen LogP contribution in [0.15, 0.2) is 194 Å². The monoisotopic (exact) mass is 712 g/mol. The molecule has 1 unspecified atom stereocenters. The van der Waals surface area contributed by atoms with E-state index < -0.39 is 5.41 Å². The van der Waals surface area contributed by atoms with E-state index in [-0.39, 0.29) is 0 Å². The van der Waals surface area contributed by atoms with Crippen molar-refractivity contribution in [3.8, 4) is 34.0 Å². The van der Waals surface area contributed by atoms with E-state index in [0.29, 0.717) is 0 Å². The van der Waals surface area contributed by atoms with E-state index >= 15 is 0 Å². The smallest absolute Gasteiger partial charge is 0.156 e. The molecule has 11 aromatic rings. The first-order valence-corrected chi connectivity index (χ1v) is 19.4. The highest BCUT2D eigenvalue weighted by Crippen LogP contribution is 2.61. The van der Waals surface area contributed by atoms with Gasteiger partial charge >= 0.3 is 0 Å². The predicted octanol–water partition coefficient (Wildman–Crippen LogP) is 13.5. The molecule has 4 heterocycles. The Morgan fingerprint density at radius 1 is 0.375 bits per heavy atom. The molecule has 0 aliphatic carbocycles. The molecule has 0 N–H and O–H groups in total. The Bertz CT molecular complexity index is 3460. The van der Waals surface area contributed by atoms with Gasteiger partial charge in [-0.25, -0.2) is 0 Å². The molecule has 0 fully saturated rings. The summed E-state index contributed by atoms with van der Waals surface area (Å²) in [6, 6.07) is 71.2. The molecule has 260 valence electrons. The van der Waals surface area contributed by atoms with Crippen molar-refractivity contribution in [3.05, 3.63) is 216 Å². The maximum absolute atomic E-state index is 7.27. The SMILES string of the molecule is c1ccc2c(c1)Oc1c(ccc3c4ccccc4n(-c4ccc(-c5ccc6ccccc6c5)cc4)c13)C21c2ccccc2-n2c3ccccc3c3cccc1c32. The lowest BCUT2D eigenvalue weighted by Gasteiger charge is -2.45. The zero-order valence-corrected chi connectivity index (χ0v) is 30.3. The lowest BCUT2D eigenvalue weighted by molar-refractivity contribution is 0.438. The summed E-state index contributed by atoms with van der Waals surface area (Å²) in [7, 11) is 0. The molecular formula is C53H32N2O. The second-order valence-electron chi connectivity index (χ2n) is 15.2. The van der Waals surface area contributed by atoms with Crippen LogP contribution >= 0.6 is 0 Å². The number of hydrogen-bond donors (Lipinski definition) is 0. The number of aromatic nitrogens is 2. The number of hydrogen-bond acceptors (Lipinski definition) is 1. The van der Waals surface area contributed by atoms with Crippen molar-refractivity contribution < 1.29 is 4.74 Å². The molecule has 9 aromatic carbocycles. The van der Waals surface area contributed by atoms with Crippen LogP contribution in [0.5, 0.6) is 11.5 Å². The van der Waals surface area contributed by atoms with E-state index in [1.54, 1.807) is 0 Å². The average molecular weight is 713 g/mol. The van der Waals surface area contributed by atoms with Crippen molar-refractivity contribution in [1.29, 1.82) is 0 Å². The van der Waals surface area contributed by atoms with Gasteiger partial charge in [-0.15, -0.1) is 0 Å². The van der Waals surface area contributed by atoms with Gasteiger partial charge in [-0.1, -0.05) is 152 Å². The molecule has 56 heavy (non-hydrogen) atoms. The van der Waals surface area contributed by atoms with Gasteiger partial charge in [-0.2, -0.15) is 0 Å². The van der Waals surface area contributed by atoms with Crippen molar-refractivity contribution >= 4 is 54.4 Å². The summed E-state index contributed by atoms with van der Waals surface area (Å²) >= 11 is 0. The van der Waals surface area contributed by atoms with Crippen LogP contribution in [-0.2, 0) is 5.41 Å². The molecule has 2 aliphatic rings. The molecule has 3 heteroatoms. The van der Waals surface area contributed by atoms with E-state index in [4.69, 9.17) is 4.74 Å². The topological polar surface area (TPSA) is 19.1 Å². The zero-order valence-electron chi connectivity index (χ0n) is 30.3. The first-order valence-electron chi connectivity index (χ1n) is 19.4. The van der Waals surface area contributed by atoms with Crippen molar-refractivity contribution in [3.63, 3.8) is 0 Å². The Morgan fingerprint density at radius 3 is 1.84 bits per heavy atom. The molecule has 0 amide bonds. The Labute approximate surface area is 322 Å². The van der Waals surface area contributed by atoms with Gasteiger partial charge in [0.15, 0.2) is 5.75 Å². The molecule has 0 radical (unpaired) electrons. The number of nitrogens with zero attached hydrogens (tertiary/aromatic N) is 2. The predicted molar refractivity (Wildman–Crippen MR) is 230 cm³/mol. The average Bonchev–Trinajstić information content (AvgIpc) is 3.79. The number of ether oxygens (including phenoxy) is 1. The summed E-state index contributed by atoms with van der Waals surface area (Å²) in [5.74, 6) is 1.78. The largest absolute Gasteiger partial charge is 0.454 e. The van der Waals surface area contributed by atoms with Crippen LogP contribution in [0.2, 0.25) is 0 Å². The van der Waals surface area contributed by atoms with Crippen LogP contribution < -0.4 is 4.74 Å². The van der Waals surface area contributed by atoms with Crippen molar-refractivity contribution in [2.75, 3.05) is 0 Å². The molecule has 13 rings (SSSR count). The minimum absolute atomic E-state index is 0.639. The Morgan fingerprint density at radius 2 is 1.00 bits per heavy atom. The standard InChI is InChI=1S/C53H32N2O/c1-2-13-35-32-36(25-24-33(35)12-1)34-26-28-37(29-27-34)54-46-20-7-3-15-39(46)41-30-31-45-52(51(41)54)56-49-23-10-6-18-43(49)53(45)42-17-5-9-22-48(42)55-47-21-8-4-14-38(47)40-16-11-19-44(53)50(40)55/h1-32H. The van der Waals surface area contributed by atoms with E-state index in [2.05, 4.69) is 203 Å². The fourth-order valence-electron chi connectivity index (χ4n) is 10.3. The Hall–Kier alpha value is -7.36. The number of benzene rings is 9. The molecule has 1 atom stereocenters. The lowest BCUT2D eigenvalue weighted by Crippen LogP contribution is -2.37. The zero-order chi connectivity index (χ0) is 36.5. The fraction of sp³-hybridized carbons (Fsp3) is 0.0189. The van der Waals surface area contributed by atoms with Gasteiger partial charge in [0.1, 0.15) is 5.75 Å². The summed E-state index contributed by atoms with van der Waals surface area (Å²) in [6.07, 6.45) is 0. The second-order valence-corrected chi connectivity index (χ2v) is 15.2. The van der Waals surface area contributed by atoms with Gasteiger partial charge in [-0.05, 0) is 75.5 Å². The normalized spacial score (nSPS) is 15.4. The number of fused-ring (bicyclic) bond motifs is 16. The van der Waals surface area contributed by atoms with Gasteiger partial charge in [0.25, 0.3) is 0 Å². The Balaban J connectivity index is 1.13. The molecule has 0 saturated heterocycles. The van der Waals surface area contributed by atoms with Crippen molar-refractivity contribution in [1.82, 2.24) is 9.13 Å². The fourth-order valence-corrected chi connectivity index (χ4v) is 10.3. The summed E-state index contributed by atoms with van der Waals surface area (Å²) in [4.78, 5) is 0. The molecule has 1 spiro atoms. The highest BCUT2D eigenvalue weighted by Gasteiger charge is 2.51. The van der Waals surface area contributed by atoms with Crippen LogP contribution in [0, 0.1) is 0 Å². The maximum atomic E-state index is 7.27. The summed E-state index contributed by atoms with van der Waals surface area (Å²) < 4.78 is 12.2. The van der Waals surface area contributed by atoms with E-state index in [0.717, 1.165) is 39.3 Å². The van der Waals surface area contributed by atoms with E-state index in [1.807, 2.05) is 0 Å². The third-order valence-corrected chi connectivity index (χ3v) is 12.6. The van der Waals surface area contributed by atoms with Crippen LogP contribution in [0.3, 0.4) is 0 Å². The lowest BCUT2D eigenvalue weighted by atomic mass is 9.61. The van der Waals surface area contributed by atoms with Crippen LogP contribution in [0.4, 0.5) is 0 Å². The Kier molecular flexibility index (Phi) is 5.83. The van der Waals surface area contributed by atoms with Gasteiger partial charge < -0.3 is 13.9 Å². The second kappa shape index (κ2) is 10.9. The van der Waals surface area contributed by atoms with Crippen LogP contribution in [-0.4, -0.2) is 9.13 Å². The van der Waals surface area contributed by atoms with Crippen LogP contribution in [0.25, 0.3) is 76.9 Å². The number of para-hydroxylation sites is 5. The first kappa shape index (κ1) is 30.0. The van der Waals surface area contributed by atoms with E-state index in [1.165, 1.54) is 71.3 Å². The van der Waals surface area contributed by atoms with E-state index in [9.17, 15) is 0 Å². The third-order valence-electron chi connectivity index (χ3n) is 12.6. The van der Waals surface area contributed by atoms with Gasteiger partial charge in [-0.3, -0.25) is 0 Å². The number of rotatable bonds is 2. The molecule has 2 aliphatic heterocycles. The molecule has 3 nitrogen and oxygen atoms in total. The highest BCUT2D eigenvalue weighted by atomic mass is 16.5. The third kappa shape index (κ3) is 3.72. The molecule has 0 bridgehead atoms. The van der Waals surface area contributed by atoms with Gasteiger partial charge in [0.2, 0.25) is 0 Å². The summed E-state index contributed by atoms with van der Waals surface area (Å²) in [5.41, 5.74) is 13.6. The maximum Gasteiger partial charge on any atom is 0.156 e. The molecular weight excluding hydrogens is 681 g/mol. The summed E-state index contributed by atoms with van der Waals surface area (Å²) in [6.45, 7) is 0. The molecule has 0 saturated carbocycles. The van der Waals surface area contributed by atoms with Crippen LogP contribution in [0.1, 0.15) is 22.3 Å². The summed E-state index contributed by atoms with van der Waals surface area (Å²) in [5, 5.41) is 7.39. The van der Waals surface area contributed by atoms with Crippen molar-refractivity contribution in [2.45, 2.75) is 5.41 Å². The van der Waals surface area contributed by atoms with Crippen molar-refractivity contribution in [2.24, 2.45) is 0 Å². The molecule has 2 aromatic heterocycles. The first-order chi connectivity index (χ1) is 27.8. The highest BCUT2D eigenvalue weighted by molar-refractivity contribution is 6.14. The quantitative estimate of drug-likeness (QED) is 0.175.